The van der Waals surface area contributed by atoms with Crippen molar-refractivity contribution in [3.63, 3.8) is 0 Å². The van der Waals surface area contributed by atoms with Gasteiger partial charge >= 0.3 is 5.97 Å². The molecule has 0 amide bonds. The van der Waals surface area contributed by atoms with Crippen LogP contribution in [0.4, 0.5) is 21.7 Å². The Morgan fingerprint density at radius 2 is 2.02 bits per heavy atom. The molecule has 0 aliphatic carbocycles. The minimum absolute atomic E-state index is 0.0485. The molecular formula is C31H31FN8O3. The van der Waals surface area contributed by atoms with Crippen LogP contribution in [0.5, 0.6) is 0 Å². The molecule has 0 radical (unpaired) electrons. The molecule has 220 valence electrons. The molecule has 1 unspecified atom stereocenters. The number of fused-ring (bicyclic) bond motifs is 1. The second kappa shape index (κ2) is 11.7. The lowest BCUT2D eigenvalue weighted by atomic mass is 9.98. The zero-order chi connectivity index (χ0) is 30.1. The van der Waals surface area contributed by atoms with Crippen molar-refractivity contribution in [2.45, 2.75) is 46.3 Å². The van der Waals surface area contributed by atoms with Gasteiger partial charge in [0.2, 0.25) is 5.95 Å². The molecule has 1 saturated heterocycles. The summed E-state index contributed by atoms with van der Waals surface area (Å²) < 4.78 is 28.5. The molecule has 0 spiro atoms. The molecule has 0 bridgehead atoms. The summed E-state index contributed by atoms with van der Waals surface area (Å²) >= 11 is 0. The number of ether oxygens (including phenoxy) is 2. The van der Waals surface area contributed by atoms with E-state index in [9.17, 15) is 4.79 Å². The highest BCUT2D eigenvalue weighted by atomic mass is 19.1. The van der Waals surface area contributed by atoms with Gasteiger partial charge in [0.15, 0.2) is 17.7 Å². The number of nitrogens with zero attached hydrogens (tertiary/aromatic N) is 6. The molecule has 1 fully saturated rings. The van der Waals surface area contributed by atoms with Gasteiger partial charge in [0.05, 0.1) is 35.4 Å². The predicted molar refractivity (Wildman–Crippen MR) is 160 cm³/mol. The highest BCUT2D eigenvalue weighted by molar-refractivity contribution is 6.03. The maximum Gasteiger partial charge on any atom is 0.359 e. The third-order valence-corrected chi connectivity index (χ3v) is 7.35. The number of anilines is 3. The number of hydrogen-bond donors (Lipinski definition) is 2. The minimum Gasteiger partial charge on any atom is -0.461 e. The van der Waals surface area contributed by atoms with Gasteiger partial charge in [0, 0.05) is 35.0 Å². The summed E-state index contributed by atoms with van der Waals surface area (Å²) in [7, 11) is 0. The van der Waals surface area contributed by atoms with Gasteiger partial charge in [-0.05, 0) is 69.9 Å². The maximum absolute atomic E-state index is 15.3. The first kappa shape index (κ1) is 28.2. The van der Waals surface area contributed by atoms with Gasteiger partial charge in [0.1, 0.15) is 5.82 Å². The van der Waals surface area contributed by atoms with Crippen LogP contribution in [-0.2, 0) is 9.47 Å². The Hall–Kier alpha value is -4.97. The van der Waals surface area contributed by atoms with Gasteiger partial charge in [-0.15, -0.1) is 0 Å². The molecule has 3 N–H and O–H groups in total. The van der Waals surface area contributed by atoms with Crippen LogP contribution in [0.1, 0.15) is 54.2 Å². The van der Waals surface area contributed by atoms with Crippen molar-refractivity contribution in [1.29, 1.82) is 0 Å². The average molecular weight is 583 g/mol. The van der Waals surface area contributed by atoms with E-state index in [1.165, 1.54) is 12.1 Å². The van der Waals surface area contributed by atoms with Crippen molar-refractivity contribution in [2.75, 3.05) is 24.3 Å². The standard InChI is InChI=1S/C31H31FN8O3/c1-4-42-30(41)28-25(33)27(24-17(2)11-12-22-20(24)16-35-40(22)23-10-5-6-15-43-23)37-29(38-28)19-8-7-9-21(32)26(19)39-31-34-14-13-18(3)36-31/h7-9,11-14,16,23H,4-6,10,15,33H2,1-3H3,(H,34,36,39). The van der Waals surface area contributed by atoms with Gasteiger partial charge in [-0.25, -0.2) is 33.8 Å². The van der Waals surface area contributed by atoms with Crippen molar-refractivity contribution in [3.8, 4) is 22.6 Å². The normalized spacial score (nSPS) is 15.0. The summed E-state index contributed by atoms with van der Waals surface area (Å²) in [6.07, 6.45) is 6.07. The van der Waals surface area contributed by atoms with Crippen molar-refractivity contribution in [3.05, 3.63) is 71.6 Å². The molecule has 43 heavy (non-hydrogen) atoms. The van der Waals surface area contributed by atoms with Crippen LogP contribution in [0.15, 0.2) is 48.8 Å². The number of para-hydroxylation sites is 1. The van der Waals surface area contributed by atoms with E-state index in [-0.39, 0.29) is 47.2 Å². The van der Waals surface area contributed by atoms with Crippen LogP contribution in [-0.4, -0.2) is 48.9 Å². The molecule has 4 heterocycles. The molecule has 12 heteroatoms. The molecule has 6 rings (SSSR count). The van der Waals surface area contributed by atoms with E-state index in [4.69, 9.17) is 20.2 Å². The molecule has 2 aromatic carbocycles. The molecule has 11 nitrogen and oxygen atoms in total. The first-order valence-corrected chi connectivity index (χ1v) is 14.1. The summed E-state index contributed by atoms with van der Waals surface area (Å²) in [5.74, 6) is -1.02. The number of benzene rings is 2. The van der Waals surface area contributed by atoms with Crippen LogP contribution in [0.3, 0.4) is 0 Å². The second-order valence-corrected chi connectivity index (χ2v) is 10.3. The molecule has 1 atom stereocenters. The molecule has 0 saturated carbocycles. The molecule has 3 aromatic heterocycles. The maximum atomic E-state index is 15.3. The number of aryl methyl sites for hydroxylation is 2. The van der Waals surface area contributed by atoms with E-state index in [1.54, 1.807) is 31.5 Å². The molecule has 5 aromatic rings. The lowest BCUT2D eigenvalue weighted by Gasteiger charge is -2.23. The van der Waals surface area contributed by atoms with E-state index in [1.807, 2.05) is 30.7 Å². The van der Waals surface area contributed by atoms with Gasteiger partial charge in [-0.3, -0.25) is 0 Å². The van der Waals surface area contributed by atoms with E-state index in [0.29, 0.717) is 23.6 Å². The highest BCUT2D eigenvalue weighted by Gasteiger charge is 2.26. The molecule has 1 aliphatic rings. The number of nitrogens with two attached hydrogens (primary N) is 1. The summed E-state index contributed by atoms with van der Waals surface area (Å²) in [6.45, 7) is 6.22. The third kappa shape index (κ3) is 5.37. The highest BCUT2D eigenvalue weighted by Crippen LogP contribution is 2.39. The summed E-state index contributed by atoms with van der Waals surface area (Å²) in [4.78, 5) is 31.0. The number of carbonyl (C=O) groups is 1. The Labute approximate surface area is 247 Å². The summed E-state index contributed by atoms with van der Waals surface area (Å²) in [5.41, 5.74) is 10.3. The van der Waals surface area contributed by atoms with E-state index < -0.39 is 11.8 Å². The van der Waals surface area contributed by atoms with Crippen LogP contribution < -0.4 is 11.1 Å². The third-order valence-electron chi connectivity index (χ3n) is 7.35. The molecule has 1 aliphatic heterocycles. The largest absolute Gasteiger partial charge is 0.461 e. The number of rotatable bonds is 7. The number of hydrogen-bond acceptors (Lipinski definition) is 10. The number of nitrogen functional groups attached to an aromatic ring is 1. The Morgan fingerprint density at radius 3 is 2.79 bits per heavy atom. The predicted octanol–water partition coefficient (Wildman–Crippen LogP) is 5.91. The monoisotopic (exact) mass is 582 g/mol. The number of aromatic nitrogens is 6. The van der Waals surface area contributed by atoms with Gasteiger partial charge < -0.3 is 20.5 Å². The van der Waals surface area contributed by atoms with Crippen LogP contribution in [0.2, 0.25) is 0 Å². The van der Waals surface area contributed by atoms with Crippen molar-refractivity contribution in [2.24, 2.45) is 0 Å². The van der Waals surface area contributed by atoms with E-state index in [2.05, 4.69) is 25.4 Å². The average Bonchev–Trinajstić information content (AvgIpc) is 3.43. The topological polar surface area (TPSA) is 143 Å². The van der Waals surface area contributed by atoms with Crippen molar-refractivity contribution >= 4 is 34.2 Å². The van der Waals surface area contributed by atoms with E-state index in [0.717, 1.165) is 35.7 Å². The first-order chi connectivity index (χ1) is 20.9. The zero-order valence-electron chi connectivity index (χ0n) is 24.1. The lowest BCUT2D eigenvalue weighted by Crippen LogP contribution is -2.19. The number of nitrogens with one attached hydrogen (secondary N) is 1. The Kier molecular flexibility index (Phi) is 7.68. The van der Waals surface area contributed by atoms with Crippen LogP contribution >= 0.6 is 0 Å². The minimum atomic E-state index is -0.714. The van der Waals surface area contributed by atoms with E-state index >= 15 is 4.39 Å². The first-order valence-electron chi connectivity index (χ1n) is 14.1. The number of esters is 1. The number of halogens is 1. The molecular weight excluding hydrogens is 551 g/mol. The number of carbonyl (C=O) groups excluding carboxylic acids is 1. The Bertz CT molecular complexity index is 1830. The van der Waals surface area contributed by atoms with Gasteiger partial charge in [0.25, 0.3) is 0 Å². The Balaban J connectivity index is 1.56. The summed E-state index contributed by atoms with van der Waals surface area (Å²) in [6, 6.07) is 10.2. The Morgan fingerprint density at radius 1 is 1.16 bits per heavy atom. The zero-order valence-corrected chi connectivity index (χ0v) is 24.1. The fraction of sp³-hybridized carbons (Fsp3) is 0.290. The fourth-order valence-corrected chi connectivity index (χ4v) is 5.28. The van der Waals surface area contributed by atoms with Crippen LogP contribution in [0.25, 0.3) is 33.5 Å². The van der Waals surface area contributed by atoms with Crippen molar-refractivity contribution < 1.29 is 18.7 Å². The van der Waals surface area contributed by atoms with Crippen molar-refractivity contribution in [1.82, 2.24) is 29.7 Å². The fourth-order valence-electron chi connectivity index (χ4n) is 5.28. The van der Waals surface area contributed by atoms with Gasteiger partial charge in [-0.2, -0.15) is 5.10 Å². The SMILES string of the molecule is CCOC(=O)c1nc(-c2cccc(F)c2Nc2nccc(C)n2)nc(-c2c(C)ccc3c2cnn3C2CCCCO2)c1N. The van der Waals surface area contributed by atoms with Crippen LogP contribution in [0, 0.1) is 19.7 Å². The lowest BCUT2D eigenvalue weighted by molar-refractivity contribution is -0.0366. The summed E-state index contributed by atoms with van der Waals surface area (Å²) in [5, 5.41) is 8.41. The second-order valence-electron chi connectivity index (χ2n) is 10.3. The smallest absolute Gasteiger partial charge is 0.359 e. The van der Waals surface area contributed by atoms with Gasteiger partial charge in [-0.1, -0.05) is 12.1 Å². The quantitative estimate of drug-likeness (QED) is 0.222.